The van der Waals surface area contributed by atoms with Crippen LogP contribution in [0.5, 0.6) is 11.5 Å². The number of hydrogen-bond acceptors (Lipinski definition) is 5. The number of halogens is 2. The second-order valence-corrected chi connectivity index (χ2v) is 4.66. The minimum atomic E-state index is -0.500. The molecule has 1 fully saturated rings. The second-order valence-electron chi connectivity index (χ2n) is 3.84. The number of ether oxygens (including phenoxy) is 4. The van der Waals surface area contributed by atoms with Gasteiger partial charge in [-0.3, -0.25) is 0 Å². The van der Waals surface area contributed by atoms with E-state index in [4.69, 9.17) is 37.4 Å². The molecular weight excluding hydrogens is 295 g/mol. The number of carbonyl (C=O) groups excluding carboxylic acids is 1. The van der Waals surface area contributed by atoms with Crippen molar-refractivity contribution in [2.45, 2.75) is 6.10 Å². The monoisotopic (exact) mass is 306 g/mol. The van der Waals surface area contributed by atoms with Crippen molar-refractivity contribution in [2.75, 3.05) is 26.9 Å². The summed E-state index contributed by atoms with van der Waals surface area (Å²) in [5.74, 6) is 0.240. The average molecular weight is 307 g/mol. The maximum Gasteiger partial charge on any atom is 0.343 e. The molecule has 1 aromatic rings. The fraction of sp³-hybridized carbons (Fsp3) is 0.417. The number of methoxy groups -OCH3 is 1. The Labute approximate surface area is 120 Å². The summed E-state index contributed by atoms with van der Waals surface area (Å²) in [6.45, 7) is 0.873. The molecule has 0 bridgehead atoms. The quantitative estimate of drug-likeness (QED) is 0.596. The highest BCUT2D eigenvalue weighted by Crippen LogP contribution is 2.36. The lowest BCUT2D eigenvalue weighted by molar-refractivity contribution is -0.142. The predicted molar refractivity (Wildman–Crippen MR) is 69.2 cm³/mol. The minimum Gasteiger partial charge on any atom is -0.489 e. The van der Waals surface area contributed by atoms with Gasteiger partial charge in [-0.15, -0.1) is 0 Å². The Morgan fingerprint density at radius 1 is 1.32 bits per heavy atom. The molecule has 0 radical (unpaired) electrons. The molecule has 0 aromatic heterocycles. The lowest BCUT2D eigenvalue weighted by atomic mass is 10.3. The summed E-state index contributed by atoms with van der Waals surface area (Å²) >= 11 is 12.0. The van der Waals surface area contributed by atoms with Gasteiger partial charge in [0.05, 0.1) is 23.8 Å². The van der Waals surface area contributed by atoms with Crippen LogP contribution >= 0.6 is 23.2 Å². The van der Waals surface area contributed by atoms with Crippen molar-refractivity contribution < 1.29 is 23.7 Å². The van der Waals surface area contributed by atoms with Crippen molar-refractivity contribution in [3.05, 3.63) is 22.2 Å². The smallest absolute Gasteiger partial charge is 0.343 e. The average Bonchev–Trinajstić information content (AvgIpc) is 3.20. The van der Waals surface area contributed by atoms with Gasteiger partial charge in [0.2, 0.25) is 0 Å². The first kappa shape index (κ1) is 14.2. The zero-order valence-corrected chi connectivity index (χ0v) is 11.7. The van der Waals surface area contributed by atoms with Gasteiger partial charge in [0.25, 0.3) is 0 Å². The molecule has 0 amide bonds. The van der Waals surface area contributed by atoms with E-state index in [2.05, 4.69) is 4.74 Å². The van der Waals surface area contributed by atoms with Crippen molar-refractivity contribution in [1.29, 1.82) is 0 Å². The van der Waals surface area contributed by atoms with Crippen molar-refractivity contribution in [2.24, 2.45) is 0 Å². The first-order chi connectivity index (χ1) is 9.10. The number of hydrogen-bond donors (Lipinski definition) is 0. The normalized spacial score (nSPS) is 16.9. The lowest BCUT2D eigenvalue weighted by Gasteiger charge is -2.11. The SMILES string of the molecule is COC(=O)COc1cc(OCC2CO2)c(Cl)cc1Cl. The van der Waals surface area contributed by atoms with Gasteiger partial charge < -0.3 is 18.9 Å². The van der Waals surface area contributed by atoms with Crippen LogP contribution in [-0.4, -0.2) is 39.0 Å². The first-order valence-electron chi connectivity index (χ1n) is 5.53. The van der Waals surface area contributed by atoms with Gasteiger partial charge >= 0.3 is 5.97 Å². The van der Waals surface area contributed by atoms with Crippen LogP contribution in [0.1, 0.15) is 0 Å². The van der Waals surface area contributed by atoms with Crippen LogP contribution < -0.4 is 9.47 Å². The number of esters is 1. The number of benzene rings is 1. The molecule has 2 rings (SSSR count). The largest absolute Gasteiger partial charge is 0.489 e. The molecule has 1 unspecified atom stereocenters. The van der Waals surface area contributed by atoms with Crippen molar-refractivity contribution in [3.8, 4) is 11.5 Å². The summed E-state index contributed by atoms with van der Waals surface area (Å²) in [6, 6.07) is 3.04. The fourth-order valence-electron chi connectivity index (χ4n) is 1.27. The molecular formula is C12H12Cl2O5. The van der Waals surface area contributed by atoms with Gasteiger partial charge in [0.1, 0.15) is 24.2 Å². The summed E-state index contributed by atoms with van der Waals surface area (Å²) in [7, 11) is 1.28. The lowest BCUT2D eigenvalue weighted by Crippen LogP contribution is -2.13. The summed E-state index contributed by atoms with van der Waals surface area (Å²) in [5, 5.41) is 0.667. The Hall–Kier alpha value is -1.17. The van der Waals surface area contributed by atoms with Crippen LogP contribution in [-0.2, 0) is 14.3 Å². The standard InChI is InChI=1S/C12H12Cl2O5/c1-16-12(15)6-19-11-3-10(8(13)2-9(11)14)18-5-7-4-17-7/h2-3,7H,4-6H2,1H3. The maximum atomic E-state index is 11.0. The van der Waals surface area contributed by atoms with Gasteiger partial charge in [-0.1, -0.05) is 23.2 Å². The van der Waals surface area contributed by atoms with E-state index in [1.165, 1.54) is 19.2 Å². The highest BCUT2D eigenvalue weighted by Gasteiger charge is 2.24. The molecule has 1 atom stereocenters. The van der Waals surface area contributed by atoms with Crippen LogP contribution in [0, 0.1) is 0 Å². The molecule has 1 heterocycles. The van der Waals surface area contributed by atoms with E-state index in [9.17, 15) is 4.79 Å². The first-order valence-corrected chi connectivity index (χ1v) is 6.29. The van der Waals surface area contributed by atoms with Crippen LogP contribution in [0.4, 0.5) is 0 Å². The van der Waals surface area contributed by atoms with Gasteiger partial charge in [-0.25, -0.2) is 4.79 Å². The van der Waals surface area contributed by atoms with Gasteiger partial charge in [0.15, 0.2) is 6.61 Å². The Balaban J connectivity index is 2.03. The van der Waals surface area contributed by atoms with Crippen molar-refractivity contribution in [1.82, 2.24) is 0 Å². The zero-order chi connectivity index (χ0) is 13.8. The van der Waals surface area contributed by atoms with E-state index in [0.717, 1.165) is 0 Å². The summed E-state index contributed by atoms with van der Waals surface area (Å²) in [6.07, 6.45) is 0.117. The van der Waals surface area contributed by atoms with E-state index in [-0.39, 0.29) is 12.7 Å². The molecule has 104 valence electrons. The zero-order valence-electron chi connectivity index (χ0n) is 10.2. The molecule has 1 aromatic carbocycles. The molecule has 0 spiro atoms. The van der Waals surface area contributed by atoms with E-state index < -0.39 is 5.97 Å². The number of carbonyl (C=O) groups is 1. The van der Waals surface area contributed by atoms with Crippen LogP contribution in [0.2, 0.25) is 10.0 Å². The maximum absolute atomic E-state index is 11.0. The van der Waals surface area contributed by atoms with Gasteiger partial charge in [-0.05, 0) is 6.07 Å². The summed E-state index contributed by atoms with van der Waals surface area (Å²) in [4.78, 5) is 11.0. The van der Waals surface area contributed by atoms with E-state index in [1.807, 2.05) is 0 Å². The third-order valence-corrected chi connectivity index (χ3v) is 2.98. The van der Waals surface area contributed by atoms with Crippen LogP contribution in [0.3, 0.4) is 0 Å². The molecule has 5 nitrogen and oxygen atoms in total. The molecule has 1 saturated heterocycles. The van der Waals surface area contributed by atoms with Crippen LogP contribution in [0.25, 0.3) is 0 Å². The van der Waals surface area contributed by atoms with Gasteiger partial charge in [0, 0.05) is 6.07 Å². The Morgan fingerprint density at radius 3 is 2.53 bits per heavy atom. The molecule has 19 heavy (non-hydrogen) atoms. The van der Waals surface area contributed by atoms with Crippen LogP contribution in [0.15, 0.2) is 12.1 Å². The van der Waals surface area contributed by atoms with Gasteiger partial charge in [-0.2, -0.15) is 0 Å². The molecule has 0 N–H and O–H groups in total. The summed E-state index contributed by atoms with van der Waals surface area (Å²) in [5.41, 5.74) is 0. The fourth-order valence-corrected chi connectivity index (χ4v) is 1.77. The second kappa shape index (κ2) is 6.32. The molecule has 1 aliphatic rings. The molecule has 0 saturated carbocycles. The summed E-state index contributed by atoms with van der Waals surface area (Å²) < 4.78 is 20.2. The van der Waals surface area contributed by atoms with E-state index in [0.29, 0.717) is 34.8 Å². The third kappa shape index (κ3) is 4.16. The van der Waals surface area contributed by atoms with Crippen molar-refractivity contribution >= 4 is 29.2 Å². The Morgan fingerprint density at radius 2 is 1.95 bits per heavy atom. The Bertz CT molecular complexity index is 473. The molecule has 7 heteroatoms. The third-order valence-electron chi connectivity index (χ3n) is 2.39. The Kier molecular flexibility index (Phi) is 4.74. The van der Waals surface area contributed by atoms with E-state index >= 15 is 0 Å². The predicted octanol–water partition coefficient (Wildman–Crippen LogP) is 2.32. The van der Waals surface area contributed by atoms with Crippen molar-refractivity contribution in [3.63, 3.8) is 0 Å². The topological polar surface area (TPSA) is 57.3 Å². The minimum absolute atomic E-state index is 0.117. The number of rotatable bonds is 6. The number of epoxide rings is 1. The highest BCUT2D eigenvalue weighted by molar-refractivity contribution is 6.36. The molecule has 1 aliphatic heterocycles. The molecule has 0 aliphatic carbocycles. The highest BCUT2D eigenvalue weighted by atomic mass is 35.5. The van der Waals surface area contributed by atoms with E-state index in [1.54, 1.807) is 0 Å².